The van der Waals surface area contributed by atoms with Gasteiger partial charge in [0.05, 0.1) is 5.69 Å². The minimum Gasteiger partial charge on any atom is -0.336 e. The molecule has 0 atom stereocenters. The molecule has 0 spiro atoms. The van der Waals surface area contributed by atoms with Crippen molar-refractivity contribution in [1.29, 1.82) is 0 Å². The van der Waals surface area contributed by atoms with Crippen molar-refractivity contribution in [3.8, 4) is 5.69 Å². The molecule has 0 radical (unpaired) electrons. The number of carbonyl (C=O) groups excluding carboxylic acids is 1. The first-order valence-corrected chi connectivity index (χ1v) is 8.12. The molecule has 0 aliphatic heterocycles. The molecule has 3 aromatic rings. The molecule has 0 aliphatic rings. The number of aromatic nitrogens is 4. The van der Waals surface area contributed by atoms with Crippen molar-refractivity contribution in [1.82, 2.24) is 24.6 Å². The van der Waals surface area contributed by atoms with Crippen molar-refractivity contribution in [2.75, 3.05) is 13.1 Å². The highest BCUT2D eigenvalue weighted by Crippen LogP contribution is 2.05. The molecule has 0 fully saturated rings. The Hall–Kier alpha value is -3.22. The lowest BCUT2D eigenvalue weighted by Crippen LogP contribution is -2.33. The van der Waals surface area contributed by atoms with E-state index in [2.05, 4.69) is 15.1 Å². The third kappa shape index (κ3) is 3.82. The second-order valence-electron chi connectivity index (χ2n) is 5.52. The standard InChI is InChI=1S/C18H19N5O2/c1-2-22(13-10-14-8-11-19-12-9-14)17(24)16-20-18(25)23(21-16)15-6-4-3-5-7-15/h3-9,11-12H,2,10,13H2,1H3,(H,20,21,25). The van der Waals surface area contributed by atoms with Crippen LogP contribution in [0.1, 0.15) is 23.1 Å². The van der Waals surface area contributed by atoms with Gasteiger partial charge < -0.3 is 4.90 Å². The maximum Gasteiger partial charge on any atom is 0.348 e. The number of H-pyrrole nitrogens is 1. The zero-order valence-electron chi connectivity index (χ0n) is 13.9. The van der Waals surface area contributed by atoms with Gasteiger partial charge in [-0.25, -0.2) is 4.79 Å². The van der Waals surface area contributed by atoms with Crippen LogP contribution >= 0.6 is 0 Å². The Morgan fingerprint density at radius 3 is 2.56 bits per heavy atom. The predicted molar refractivity (Wildman–Crippen MR) is 93.7 cm³/mol. The number of benzene rings is 1. The smallest absolute Gasteiger partial charge is 0.336 e. The minimum absolute atomic E-state index is 0.0467. The first-order valence-electron chi connectivity index (χ1n) is 8.12. The van der Waals surface area contributed by atoms with Crippen LogP contribution in [-0.2, 0) is 6.42 Å². The van der Waals surface area contributed by atoms with Gasteiger partial charge in [0.25, 0.3) is 5.91 Å². The van der Waals surface area contributed by atoms with Crippen LogP contribution in [0.4, 0.5) is 0 Å². The van der Waals surface area contributed by atoms with Gasteiger partial charge in [-0.2, -0.15) is 4.68 Å². The van der Waals surface area contributed by atoms with Gasteiger partial charge in [0.2, 0.25) is 5.82 Å². The van der Waals surface area contributed by atoms with Gasteiger partial charge in [-0.05, 0) is 43.2 Å². The summed E-state index contributed by atoms with van der Waals surface area (Å²) >= 11 is 0. The van der Waals surface area contributed by atoms with Crippen LogP contribution in [0.15, 0.2) is 59.7 Å². The highest BCUT2D eigenvalue weighted by molar-refractivity contribution is 5.90. The number of amides is 1. The number of hydrogen-bond donors (Lipinski definition) is 1. The maximum atomic E-state index is 12.7. The highest BCUT2D eigenvalue weighted by Gasteiger charge is 2.19. The zero-order chi connectivity index (χ0) is 17.6. The van der Waals surface area contributed by atoms with Gasteiger partial charge in [0.15, 0.2) is 0 Å². The van der Waals surface area contributed by atoms with Crippen LogP contribution in [0.5, 0.6) is 0 Å². The van der Waals surface area contributed by atoms with Gasteiger partial charge in [-0.3, -0.25) is 14.8 Å². The van der Waals surface area contributed by atoms with E-state index >= 15 is 0 Å². The molecule has 7 nitrogen and oxygen atoms in total. The fourth-order valence-corrected chi connectivity index (χ4v) is 2.53. The lowest BCUT2D eigenvalue weighted by atomic mass is 10.2. The van der Waals surface area contributed by atoms with E-state index in [1.165, 1.54) is 4.68 Å². The quantitative estimate of drug-likeness (QED) is 0.741. The predicted octanol–water partition coefficient (Wildman–Crippen LogP) is 1.66. The monoisotopic (exact) mass is 337 g/mol. The molecule has 2 aromatic heterocycles. The average Bonchev–Trinajstić information content (AvgIpc) is 3.05. The molecule has 0 aliphatic carbocycles. The zero-order valence-corrected chi connectivity index (χ0v) is 13.9. The number of pyridine rings is 1. The van der Waals surface area contributed by atoms with Gasteiger partial charge in [0.1, 0.15) is 0 Å². The second-order valence-corrected chi connectivity index (χ2v) is 5.52. The average molecular weight is 337 g/mol. The number of nitrogens with one attached hydrogen (secondary N) is 1. The molecule has 0 unspecified atom stereocenters. The van der Waals surface area contributed by atoms with Crippen LogP contribution < -0.4 is 5.69 Å². The first kappa shape index (κ1) is 16.6. The van der Waals surface area contributed by atoms with Crippen LogP contribution in [-0.4, -0.2) is 43.6 Å². The Labute approximate surface area is 144 Å². The summed E-state index contributed by atoms with van der Waals surface area (Å²) in [5.74, 6) is -0.242. The van der Waals surface area contributed by atoms with Gasteiger partial charge in [-0.15, -0.1) is 5.10 Å². The lowest BCUT2D eigenvalue weighted by Gasteiger charge is -2.19. The molecule has 0 saturated heterocycles. The van der Waals surface area contributed by atoms with Gasteiger partial charge in [-0.1, -0.05) is 18.2 Å². The number of nitrogens with zero attached hydrogens (tertiary/aromatic N) is 4. The maximum absolute atomic E-state index is 12.7. The third-order valence-corrected chi connectivity index (χ3v) is 3.91. The van der Waals surface area contributed by atoms with Crippen LogP contribution in [0.3, 0.4) is 0 Å². The molecule has 2 heterocycles. The highest BCUT2D eigenvalue weighted by atomic mass is 16.2. The molecule has 1 N–H and O–H groups in total. The van der Waals surface area contributed by atoms with E-state index < -0.39 is 5.69 Å². The number of hydrogen-bond acceptors (Lipinski definition) is 4. The summed E-state index contributed by atoms with van der Waals surface area (Å²) in [6.45, 7) is 2.97. The molecular formula is C18H19N5O2. The van der Waals surface area contributed by atoms with E-state index in [1.807, 2.05) is 37.3 Å². The van der Waals surface area contributed by atoms with Crippen molar-refractivity contribution in [3.05, 3.63) is 76.7 Å². The van der Waals surface area contributed by atoms with Crippen molar-refractivity contribution >= 4 is 5.91 Å². The van der Waals surface area contributed by atoms with E-state index in [0.29, 0.717) is 25.2 Å². The normalized spacial score (nSPS) is 10.6. The Morgan fingerprint density at radius 1 is 1.16 bits per heavy atom. The number of para-hydroxylation sites is 1. The van der Waals surface area contributed by atoms with Crippen molar-refractivity contribution in [2.45, 2.75) is 13.3 Å². The van der Waals surface area contributed by atoms with E-state index in [4.69, 9.17) is 0 Å². The Bertz CT molecular complexity index is 887. The van der Waals surface area contributed by atoms with Crippen LogP contribution in [0.2, 0.25) is 0 Å². The molecule has 1 amide bonds. The Morgan fingerprint density at radius 2 is 1.88 bits per heavy atom. The number of aromatic amines is 1. The summed E-state index contributed by atoms with van der Waals surface area (Å²) in [6.07, 6.45) is 4.17. The third-order valence-electron chi connectivity index (χ3n) is 3.91. The summed E-state index contributed by atoms with van der Waals surface area (Å²) in [5.41, 5.74) is 1.28. The fourth-order valence-electron chi connectivity index (χ4n) is 2.53. The molecule has 25 heavy (non-hydrogen) atoms. The van der Waals surface area contributed by atoms with Gasteiger partial charge in [0, 0.05) is 25.5 Å². The second kappa shape index (κ2) is 7.57. The minimum atomic E-state index is -0.431. The summed E-state index contributed by atoms with van der Waals surface area (Å²) in [7, 11) is 0. The summed E-state index contributed by atoms with van der Waals surface area (Å²) < 4.78 is 1.20. The number of carbonyl (C=O) groups is 1. The van der Waals surface area contributed by atoms with E-state index in [9.17, 15) is 9.59 Å². The van der Waals surface area contributed by atoms with Crippen LogP contribution in [0, 0.1) is 0 Å². The van der Waals surface area contributed by atoms with E-state index in [0.717, 1.165) is 5.56 Å². The van der Waals surface area contributed by atoms with Gasteiger partial charge >= 0.3 is 5.69 Å². The SMILES string of the molecule is CCN(CCc1ccncc1)C(=O)c1nn(-c2ccccc2)c(=O)[nH]1. The number of likely N-dealkylation sites (N-methyl/N-ethyl adjacent to an activating group) is 1. The molecule has 1 aromatic carbocycles. The molecule has 3 rings (SSSR count). The molecule has 128 valence electrons. The molecular weight excluding hydrogens is 318 g/mol. The van der Waals surface area contributed by atoms with Crippen molar-refractivity contribution in [2.24, 2.45) is 0 Å². The van der Waals surface area contributed by atoms with Crippen molar-refractivity contribution < 1.29 is 4.79 Å². The summed E-state index contributed by atoms with van der Waals surface area (Å²) in [4.78, 5) is 33.0. The summed E-state index contributed by atoms with van der Waals surface area (Å²) in [6, 6.07) is 12.8. The molecule has 7 heteroatoms. The number of rotatable bonds is 6. The topological polar surface area (TPSA) is 83.9 Å². The van der Waals surface area contributed by atoms with Crippen molar-refractivity contribution in [3.63, 3.8) is 0 Å². The summed E-state index contributed by atoms with van der Waals surface area (Å²) in [5, 5.41) is 4.15. The van der Waals surface area contributed by atoms with Crippen LogP contribution in [0.25, 0.3) is 5.69 Å². The largest absolute Gasteiger partial charge is 0.348 e. The lowest BCUT2D eigenvalue weighted by molar-refractivity contribution is 0.0754. The van der Waals surface area contributed by atoms with E-state index in [-0.39, 0.29) is 11.7 Å². The Balaban J connectivity index is 1.76. The van der Waals surface area contributed by atoms with E-state index in [1.54, 1.807) is 29.4 Å². The molecule has 0 saturated carbocycles. The first-order chi connectivity index (χ1) is 12.2. The fraction of sp³-hybridized carbons (Fsp3) is 0.222. The molecule has 0 bridgehead atoms. The Kier molecular flexibility index (Phi) is 5.03.